The second-order valence-electron chi connectivity index (χ2n) is 3.45. The van der Waals surface area contributed by atoms with E-state index in [1.165, 1.54) is 12.8 Å². The molecule has 0 amide bonds. The highest BCUT2D eigenvalue weighted by Crippen LogP contribution is 2.09. The molecule has 0 radical (unpaired) electrons. The minimum absolute atomic E-state index is 0.701. The molecule has 0 unspecified atom stereocenters. The molecule has 60 valence electrons. The van der Waals surface area contributed by atoms with Crippen LogP contribution in [0, 0.1) is 0 Å². The summed E-state index contributed by atoms with van der Waals surface area (Å²) >= 11 is 0. The van der Waals surface area contributed by atoms with Crippen molar-refractivity contribution in [3.63, 3.8) is 0 Å². The third-order valence-corrected chi connectivity index (χ3v) is 2.46. The Morgan fingerprint density at radius 3 is 2.70 bits per heavy atom. The summed E-state index contributed by atoms with van der Waals surface area (Å²) in [5.74, 6) is 0. The topological polar surface area (TPSA) is 15.3 Å². The largest absolute Gasteiger partial charge is 0.302 e. The van der Waals surface area contributed by atoms with Crippen LogP contribution in [0.3, 0.4) is 0 Å². The van der Waals surface area contributed by atoms with Crippen LogP contribution in [-0.2, 0) is 0 Å². The van der Waals surface area contributed by atoms with Crippen LogP contribution in [0.25, 0.3) is 0 Å². The highest BCUT2D eigenvalue weighted by Gasteiger charge is 2.15. The summed E-state index contributed by atoms with van der Waals surface area (Å²) in [6.07, 6.45) is 2.64. The van der Waals surface area contributed by atoms with Gasteiger partial charge in [-0.15, -0.1) is 0 Å². The molecule has 2 atom stereocenters. The van der Waals surface area contributed by atoms with Crippen LogP contribution in [0.1, 0.15) is 26.7 Å². The molecule has 1 heterocycles. The van der Waals surface area contributed by atoms with Crippen LogP contribution in [0.15, 0.2) is 0 Å². The van der Waals surface area contributed by atoms with Crippen molar-refractivity contribution < 1.29 is 0 Å². The van der Waals surface area contributed by atoms with E-state index in [0.29, 0.717) is 6.04 Å². The van der Waals surface area contributed by atoms with Gasteiger partial charge in [-0.1, -0.05) is 0 Å². The lowest BCUT2D eigenvalue weighted by Crippen LogP contribution is -2.36. The zero-order valence-corrected chi connectivity index (χ0v) is 7.22. The maximum atomic E-state index is 3.45. The molecule has 1 rings (SSSR count). The molecule has 1 aliphatic rings. The van der Waals surface area contributed by atoms with E-state index in [0.717, 1.165) is 12.7 Å². The first-order chi connectivity index (χ1) is 4.70. The molecule has 0 saturated carbocycles. The smallest absolute Gasteiger partial charge is 0.0482 e. The van der Waals surface area contributed by atoms with E-state index in [1.54, 1.807) is 0 Å². The molecule has 2 heteroatoms. The molecule has 1 saturated heterocycles. The Bertz CT molecular complexity index is 91.4. The van der Waals surface area contributed by atoms with Crippen LogP contribution >= 0.6 is 0 Å². The number of rotatable bonds is 0. The van der Waals surface area contributed by atoms with E-state index in [4.69, 9.17) is 0 Å². The summed E-state index contributed by atoms with van der Waals surface area (Å²) in [6, 6.07) is 1.45. The van der Waals surface area contributed by atoms with Gasteiger partial charge in [0.2, 0.25) is 0 Å². The minimum atomic E-state index is 0.701. The standard InChI is InChI=1S/C8H18N2/c1-7-4-5-8(2)10(3)6-9-7/h7-9H,4-6H2,1-3H3/t7-,8+/m1/s1. The summed E-state index contributed by atoms with van der Waals surface area (Å²) in [7, 11) is 2.18. The summed E-state index contributed by atoms with van der Waals surface area (Å²) < 4.78 is 0. The van der Waals surface area contributed by atoms with Gasteiger partial charge in [-0.3, -0.25) is 4.90 Å². The van der Waals surface area contributed by atoms with Crippen LogP contribution in [0.4, 0.5) is 0 Å². The Morgan fingerprint density at radius 2 is 2.00 bits per heavy atom. The van der Waals surface area contributed by atoms with Gasteiger partial charge in [0.15, 0.2) is 0 Å². The van der Waals surface area contributed by atoms with E-state index in [-0.39, 0.29) is 0 Å². The monoisotopic (exact) mass is 142 g/mol. The van der Waals surface area contributed by atoms with Gasteiger partial charge in [-0.05, 0) is 33.7 Å². The first-order valence-electron chi connectivity index (χ1n) is 4.14. The van der Waals surface area contributed by atoms with Gasteiger partial charge >= 0.3 is 0 Å². The molecule has 2 nitrogen and oxygen atoms in total. The first kappa shape index (κ1) is 8.02. The van der Waals surface area contributed by atoms with Gasteiger partial charge in [0.1, 0.15) is 0 Å². The van der Waals surface area contributed by atoms with Crippen LogP contribution in [0.2, 0.25) is 0 Å². The van der Waals surface area contributed by atoms with E-state index < -0.39 is 0 Å². The van der Waals surface area contributed by atoms with Gasteiger partial charge in [-0.25, -0.2) is 0 Å². The maximum absolute atomic E-state index is 3.45. The average molecular weight is 142 g/mol. The predicted octanol–water partition coefficient (Wildman–Crippen LogP) is 1.04. The zero-order valence-electron chi connectivity index (χ0n) is 7.22. The Hall–Kier alpha value is -0.0800. The van der Waals surface area contributed by atoms with Crippen molar-refractivity contribution >= 4 is 0 Å². The molecule has 10 heavy (non-hydrogen) atoms. The van der Waals surface area contributed by atoms with Crippen molar-refractivity contribution in [1.29, 1.82) is 0 Å². The molecular weight excluding hydrogens is 124 g/mol. The van der Waals surface area contributed by atoms with Crippen molar-refractivity contribution in [2.75, 3.05) is 13.7 Å². The van der Waals surface area contributed by atoms with Crippen molar-refractivity contribution in [2.45, 2.75) is 38.8 Å². The van der Waals surface area contributed by atoms with Gasteiger partial charge in [0.25, 0.3) is 0 Å². The predicted molar refractivity (Wildman–Crippen MR) is 43.9 cm³/mol. The van der Waals surface area contributed by atoms with E-state index in [9.17, 15) is 0 Å². The molecule has 1 fully saturated rings. The Kier molecular flexibility index (Phi) is 2.69. The molecule has 1 aliphatic heterocycles. The first-order valence-corrected chi connectivity index (χ1v) is 4.14. The fourth-order valence-electron chi connectivity index (χ4n) is 1.27. The normalized spacial score (nSPS) is 37.5. The second kappa shape index (κ2) is 3.35. The molecule has 0 aromatic carbocycles. The molecule has 0 spiro atoms. The van der Waals surface area contributed by atoms with Crippen molar-refractivity contribution in [3.05, 3.63) is 0 Å². The van der Waals surface area contributed by atoms with Crippen LogP contribution in [0.5, 0.6) is 0 Å². The highest BCUT2D eigenvalue weighted by atomic mass is 15.2. The summed E-state index contributed by atoms with van der Waals surface area (Å²) in [5, 5.41) is 3.45. The number of nitrogens with one attached hydrogen (secondary N) is 1. The van der Waals surface area contributed by atoms with Crippen LogP contribution < -0.4 is 5.32 Å². The van der Waals surface area contributed by atoms with Gasteiger partial charge < -0.3 is 5.32 Å². The SMILES string of the molecule is C[C@@H]1CC[C@H](C)N(C)CN1. The number of nitrogens with zero attached hydrogens (tertiary/aromatic N) is 1. The Labute approximate surface area is 63.6 Å². The quantitative estimate of drug-likeness (QED) is 0.543. The molecule has 0 bridgehead atoms. The van der Waals surface area contributed by atoms with Crippen LogP contribution in [-0.4, -0.2) is 30.7 Å². The molecule has 1 N–H and O–H groups in total. The molecule has 0 aromatic heterocycles. The summed E-state index contributed by atoms with van der Waals surface area (Å²) in [5.41, 5.74) is 0. The van der Waals surface area contributed by atoms with Gasteiger partial charge in [0, 0.05) is 18.8 Å². The van der Waals surface area contributed by atoms with Gasteiger partial charge in [-0.2, -0.15) is 0 Å². The Balaban J connectivity index is 2.38. The van der Waals surface area contributed by atoms with E-state index >= 15 is 0 Å². The lowest BCUT2D eigenvalue weighted by Gasteiger charge is -2.20. The molecule has 0 aliphatic carbocycles. The third kappa shape index (κ3) is 1.96. The Morgan fingerprint density at radius 1 is 1.30 bits per heavy atom. The lowest BCUT2D eigenvalue weighted by atomic mass is 10.1. The fraction of sp³-hybridized carbons (Fsp3) is 1.00. The van der Waals surface area contributed by atoms with E-state index in [1.807, 2.05) is 0 Å². The fourth-order valence-corrected chi connectivity index (χ4v) is 1.27. The summed E-state index contributed by atoms with van der Waals surface area (Å²) in [6.45, 7) is 5.59. The zero-order chi connectivity index (χ0) is 7.56. The molecule has 0 aromatic rings. The number of hydrogen-bond acceptors (Lipinski definition) is 2. The summed E-state index contributed by atoms with van der Waals surface area (Å²) in [4.78, 5) is 2.36. The minimum Gasteiger partial charge on any atom is -0.302 e. The molecular formula is C8H18N2. The highest BCUT2D eigenvalue weighted by molar-refractivity contribution is 4.72. The van der Waals surface area contributed by atoms with Crippen molar-refractivity contribution in [2.24, 2.45) is 0 Å². The van der Waals surface area contributed by atoms with Crippen molar-refractivity contribution in [1.82, 2.24) is 10.2 Å². The number of hydrogen-bond donors (Lipinski definition) is 1. The lowest BCUT2D eigenvalue weighted by molar-refractivity contribution is 0.251. The van der Waals surface area contributed by atoms with Gasteiger partial charge in [0.05, 0.1) is 0 Å². The maximum Gasteiger partial charge on any atom is 0.0482 e. The van der Waals surface area contributed by atoms with E-state index in [2.05, 4.69) is 31.1 Å². The van der Waals surface area contributed by atoms with Crippen molar-refractivity contribution in [3.8, 4) is 0 Å². The average Bonchev–Trinajstić information content (AvgIpc) is 2.04. The second-order valence-corrected chi connectivity index (χ2v) is 3.45. The third-order valence-electron chi connectivity index (χ3n) is 2.46.